The fourth-order valence-corrected chi connectivity index (χ4v) is 7.33. The van der Waals surface area contributed by atoms with Crippen LogP contribution in [0.1, 0.15) is 109 Å². The molecular weight excluding hydrogens is 879 g/mol. The number of fused-ring (bicyclic) bond motifs is 1. The molecule has 10 N–H and O–H groups in total. The molecule has 2 aliphatic heterocycles. The highest BCUT2D eigenvalue weighted by molar-refractivity contribution is 8.13. The Morgan fingerprint density at radius 1 is 0.864 bits per heavy atom. The summed E-state index contributed by atoms with van der Waals surface area (Å²) in [6.07, 6.45) is 9.88. The van der Waals surface area contributed by atoms with Gasteiger partial charge in [0.05, 0.1) is 34.6 Å². The minimum atomic E-state index is -1.20. The van der Waals surface area contributed by atoms with E-state index in [4.69, 9.17) is 20.9 Å². The van der Waals surface area contributed by atoms with Gasteiger partial charge < -0.3 is 46.8 Å². The zero-order valence-electron chi connectivity index (χ0n) is 38.0. The number of carbonyl (C=O) groups excluding carboxylic acids is 3. The highest BCUT2D eigenvalue weighted by atomic mass is 32.2. The lowest BCUT2D eigenvalue weighted by atomic mass is 9.96. The number of carbonyl (C=O) groups is 3. The summed E-state index contributed by atoms with van der Waals surface area (Å²) >= 11 is 1.22. The van der Waals surface area contributed by atoms with Crippen LogP contribution in [0.3, 0.4) is 0 Å². The molecule has 0 radical (unpaired) electrons. The van der Waals surface area contributed by atoms with Gasteiger partial charge in [-0.2, -0.15) is 4.99 Å². The molecule has 0 aliphatic carbocycles. The maximum absolute atomic E-state index is 15.7. The van der Waals surface area contributed by atoms with Crippen LogP contribution in [0.4, 0.5) is 30.9 Å². The second kappa shape index (κ2) is 21.9. The Bertz CT molecular complexity index is 2550. The molecule has 3 aromatic heterocycles. The minimum absolute atomic E-state index is 0.213. The Hall–Kier alpha value is -6.20. The number of nitrogens with two attached hydrogens (primary N) is 2. The summed E-state index contributed by atoms with van der Waals surface area (Å²) in [4.78, 5) is 60.4. The molecule has 0 spiro atoms. The zero-order valence-corrected chi connectivity index (χ0v) is 38.8. The van der Waals surface area contributed by atoms with E-state index in [1.54, 1.807) is 46.9 Å². The van der Waals surface area contributed by atoms with Crippen molar-refractivity contribution in [2.45, 2.75) is 97.6 Å². The van der Waals surface area contributed by atoms with Crippen LogP contribution >= 0.6 is 11.8 Å². The Morgan fingerprint density at radius 2 is 1.36 bits per heavy atom. The van der Waals surface area contributed by atoms with Crippen molar-refractivity contribution in [2.24, 2.45) is 4.99 Å². The van der Waals surface area contributed by atoms with Gasteiger partial charge in [0.1, 0.15) is 22.8 Å². The van der Waals surface area contributed by atoms with Gasteiger partial charge in [-0.3, -0.25) is 14.9 Å². The molecule has 19 nitrogen and oxygen atoms in total. The third-order valence-corrected chi connectivity index (χ3v) is 10.5. The topological polar surface area (TPSA) is 291 Å². The Labute approximate surface area is 384 Å². The van der Waals surface area contributed by atoms with E-state index in [1.165, 1.54) is 56.5 Å². The van der Waals surface area contributed by atoms with Crippen LogP contribution in [0.25, 0.3) is 33.3 Å². The highest BCUT2D eigenvalue weighted by Gasteiger charge is 2.30. The normalized spacial score (nSPS) is 16.2. The van der Waals surface area contributed by atoms with Crippen molar-refractivity contribution in [1.82, 2.24) is 40.5 Å². The molecule has 4 amide bonds. The number of aromatic amines is 1. The molecule has 5 aromatic rings. The zero-order chi connectivity index (χ0) is 48.5. The van der Waals surface area contributed by atoms with Crippen molar-refractivity contribution < 1.29 is 42.9 Å². The van der Waals surface area contributed by atoms with Crippen molar-refractivity contribution in [2.75, 3.05) is 42.8 Å². The number of hydrogen-bond donors (Lipinski definition) is 8. The van der Waals surface area contributed by atoms with Crippen LogP contribution in [-0.2, 0) is 30.3 Å². The first kappa shape index (κ1) is 50.8. The predicted molar refractivity (Wildman–Crippen MR) is 248 cm³/mol. The SMILES string of the molecule is CC(C)(O)c1ncc(-c2cc(N)c(N)c(C3CCCO3)c2F)cn1.CCNC(=O)Nc1nc2c(C3CCCO3)c(F)c(-c3cnc(C(C)(C)O)nc3)cc2[nH]1.CSC(=NC(C)=O)NC(C)=O. The molecule has 354 valence electrons. The molecule has 5 heterocycles. The number of imidazole rings is 1. The molecule has 0 saturated carbocycles. The van der Waals surface area contributed by atoms with Gasteiger partial charge in [-0.05, 0) is 78.7 Å². The summed E-state index contributed by atoms with van der Waals surface area (Å²) in [5.41, 5.74) is 13.2. The van der Waals surface area contributed by atoms with Crippen LogP contribution in [0.15, 0.2) is 41.9 Å². The summed E-state index contributed by atoms with van der Waals surface area (Å²) in [5, 5.41) is 28.0. The minimum Gasteiger partial charge on any atom is -0.397 e. The summed E-state index contributed by atoms with van der Waals surface area (Å²) in [7, 11) is 0. The number of aliphatic hydroxyl groups is 2. The fraction of sp³-hybridized carbons (Fsp3) is 0.432. The first-order chi connectivity index (χ1) is 31.1. The number of H-pyrrole nitrogens is 1. The maximum Gasteiger partial charge on any atom is 0.321 e. The van der Waals surface area contributed by atoms with Gasteiger partial charge in [-0.25, -0.2) is 38.5 Å². The Morgan fingerprint density at radius 3 is 1.80 bits per heavy atom. The van der Waals surface area contributed by atoms with Crippen LogP contribution < -0.4 is 27.4 Å². The van der Waals surface area contributed by atoms with Crippen LogP contribution in [-0.4, -0.2) is 89.1 Å². The number of amidine groups is 1. The van der Waals surface area contributed by atoms with E-state index in [2.05, 4.69) is 50.8 Å². The third kappa shape index (κ3) is 12.8. The van der Waals surface area contributed by atoms with Crippen molar-refractivity contribution in [1.29, 1.82) is 0 Å². The number of benzene rings is 2. The van der Waals surface area contributed by atoms with E-state index in [0.29, 0.717) is 76.7 Å². The number of hydrogen-bond acceptors (Lipinski definition) is 15. The van der Waals surface area contributed by atoms with Crippen molar-refractivity contribution in [3.63, 3.8) is 0 Å². The first-order valence-corrected chi connectivity index (χ1v) is 22.2. The summed E-state index contributed by atoms with van der Waals surface area (Å²) in [5.74, 6) is -0.752. The molecular formula is C44H56F2N12O7S. The number of aliphatic imine (C=N–C) groups is 1. The molecule has 2 atom stereocenters. The average Bonchev–Trinajstić information content (AvgIpc) is 4.06. The van der Waals surface area contributed by atoms with Gasteiger partial charge in [0, 0.05) is 91.8 Å². The number of thioether (sulfide) groups is 1. The van der Waals surface area contributed by atoms with Gasteiger partial charge in [0.15, 0.2) is 16.8 Å². The molecule has 0 bridgehead atoms. The largest absolute Gasteiger partial charge is 0.397 e. The maximum atomic E-state index is 15.7. The summed E-state index contributed by atoms with van der Waals surface area (Å²) < 4.78 is 42.1. The van der Waals surface area contributed by atoms with Crippen molar-refractivity contribution in [3.8, 4) is 22.3 Å². The number of nitrogens with zero attached hydrogens (tertiary/aromatic N) is 6. The number of urea groups is 1. The summed E-state index contributed by atoms with van der Waals surface area (Å²) in [6.45, 7) is 12.4. The Kier molecular flexibility index (Phi) is 16.8. The lowest BCUT2D eigenvalue weighted by Gasteiger charge is -2.19. The van der Waals surface area contributed by atoms with E-state index >= 15 is 8.78 Å². The third-order valence-electron chi connectivity index (χ3n) is 9.95. The van der Waals surface area contributed by atoms with E-state index in [1.807, 2.05) is 0 Å². The fourth-order valence-electron chi connectivity index (χ4n) is 6.86. The number of ether oxygens (including phenoxy) is 2. The second-order valence-corrected chi connectivity index (χ2v) is 17.1. The standard InChI is InChI=1S/C21H25FN6O3.C17H21FN4O2.C6H10N2O2S/c1-4-23-20(29)28-19-26-13-8-12(11-9-24-18(25-10-11)21(2,3)30)16(22)15(17(13)27-19)14-6-5-7-31-14;1-17(2,23)16-21-7-9(8-22-16)10-6-11(19)15(20)13(14(10)18)12-4-3-5-24-12;1-4(9)7-6(11-3)8-5(2)10/h8-10,14,30H,4-7H2,1-3H3,(H3,23,26,27,28,29);6-8,12,23H,3-5,19-20H2,1-2H3;1-3H3,(H,7,8,9,10). The summed E-state index contributed by atoms with van der Waals surface area (Å²) in [6, 6.07) is 2.68. The molecule has 2 saturated heterocycles. The number of anilines is 3. The lowest BCUT2D eigenvalue weighted by Crippen LogP contribution is -2.28. The number of rotatable bonds is 8. The molecule has 2 aromatic carbocycles. The average molecular weight is 935 g/mol. The molecule has 22 heteroatoms. The Balaban J connectivity index is 0.000000207. The van der Waals surface area contributed by atoms with Gasteiger partial charge in [-0.15, -0.1) is 0 Å². The van der Waals surface area contributed by atoms with Crippen molar-refractivity contribution in [3.05, 3.63) is 71.3 Å². The van der Waals surface area contributed by atoms with Gasteiger partial charge in [0.2, 0.25) is 17.8 Å². The molecule has 2 unspecified atom stereocenters. The molecule has 2 aliphatic rings. The van der Waals surface area contributed by atoms with Gasteiger partial charge in [0.25, 0.3) is 0 Å². The number of aromatic nitrogens is 6. The number of nitrogens with one attached hydrogen (secondary N) is 4. The highest BCUT2D eigenvalue weighted by Crippen LogP contribution is 2.42. The molecule has 66 heavy (non-hydrogen) atoms. The van der Waals surface area contributed by atoms with Crippen LogP contribution in [0.2, 0.25) is 0 Å². The monoisotopic (exact) mass is 934 g/mol. The van der Waals surface area contributed by atoms with E-state index < -0.39 is 35.0 Å². The molecule has 7 rings (SSSR count). The lowest BCUT2D eigenvalue weighted by molar-refractivity contribution is -0.117. The number of amides is 4. The second-order valence-electron chi connectivity index (χ2n) is 16.3. The van der Waals surface area contributed by atoms with Gasteiger partial charge in [-0.1, -0.05) is 11.8 Å². The number of nitrogen functional groups attached to an aromatic ring is 2. The molecule has 2 fully saturated rings. The van der Waals surface area contributed by atoms with E-state index in [9.17, 15) is 24.6 Å². The van der Waals surface area contributed by atoms with Crippen molar-refractivity contribution >= 4 is 63.1 Å². The quantitative estimate of drug-likeness (QED) is 0.0482. The van der Waals surface area contributed by atoms with Gasteiger partial charge >= 0.3 is 6.03 Å². The first-order valence-electron chi connectivity index (χ1n) is 21.0. The van der Waals surface area contributed by atoms with E-state index in [-0.39, 0.29) is 52.3 Å². The van der Waals surface area contributed by atoms with Crippen LogP contribution in [0, 0.1) is 11.6 Å². The van der Waals surface area contributed by atoms with Crippen LogP contribution in [0.5, 0.6) is 0 Å². The number of halogens is 2. The predicted octanol–water partition coefficient (Wildman–Crippen LogP) is 6.29. The smallest absolute Gasteiger partial charge is 0.321 e. The van der Waals surface area contributed by atoms with E-state index in [0.717, 1.165) is 12.8 Å².